The first-order chi connectivity index (χ1) is 25.4. The van der Waals surface area contributed by atoms with Crippen LogP contribution in [-0.4, -0.2) is 25.8 Å². The van der Waals surface area contributed by atoms with Gasteiger partial charge in [-0.2, -0.15) is 0 Å². The summed E-state index contributed by atoms with van der Waals surface area (Å²) in [5, 5.41) is 0. The molecule has 4 rings (SSSR count). The Morgan fingerprint density at radius 2 is 0.491 bits per heavy atom. The standard InChI is InChI=1S/C24BF20.C9H21N/c26-5-1(6(27)14(35)21(42)13(5)34)25(2-7(28)15(36)22(43)16(37)8(2)29,3-9(30)17(38)23(44)18(39)10(3)31)4-11(32)19(40)24(45)20(41)12(4)33;1-5-9(4)8-10(6-2)7-3/h;9H,5-8H2,1-4H3/q-1;/p+1. The van der Waals surface area contributed by atoms with Gasteiger partial charge in [0, 0.05) is 5.92 Å². The maximum atomic E-state index is 15.4. The number of nitrogens with one attached hydrogen (secondary N) is 1. The Bertz CT molecular complexity index is 1750. The zero-order chi connectivity index (χ0) is 42.3. The molecule has 0 amide bonds. The van der Waals surface area contributed by atoms with Gasteiger partial charge in [0.25, 0.3) is 0 Å². The number of benzene rings is 4. The van der Waals surface area contributed by atoms with Gasteiger partial charge < -0.3 is 4.90 Å². The van der Waals surface area contributed by atoms with Crippen molar-refractivity contribution in [2.75, 3.05) is 19.6 Å². The van der Waals surface area contributed by atoms with Crippen LogP contribution in [0.25, 0.3) is 0 Å². The molecule has 0 fully saturated rings. The quantitative estimate of drug-likeness (QED) is 0.0821. The predicted octanol–water partition coefficient (Wildman–Crippen LogP) is 6.80. The number of hydrogen-bond acceptors (Lipinski definition) is 0. The van der Waals surface area contributed by atoms with Crippen molar-refractivity contribution >= 4 is 28.0 Å². The number of hydrogen-bond donors (Lipinski definition) is 1. The predicted molar refractivity (Wildman–Crippen MR) is 156 cm³/mol. The molecule has 0 aliphatic heterocycles. The lowest BCUT2D eigenvalue weighted by molar-refractivity contribution is -0.899. The molecule has 55 heavy (non-hydrogen) atoms. The molecule has 0 aliphatic carbocycles. The van der Waals surface area contributed by atoms with Crippen LogP contribution in [0.2, 0.25) is 0 Å². The molecule has 0 aromatic heterocycles. The van der Waals surface area contributed by atoms with Crippen molar-refractivity contribution in [1.29, 1.82) is 0 Å². The Balaban J connectivity index is 0.000000712. The van der Waals surface area contributed by atoms with Crippen LogP contribution in [0.3, 0.4) is 0 Å². The Morgan fingerprint density at radius 1 is 0.327 bits per heavy atom. The fraction of sp³-hybridized carbons (Fsp3) is 0.273. The summed E-state index contributed by atoms with van der Waals surface area (Å²) in [4.78, 5) is 1.73. The van der Waals surface area contributed by atoms with Gasteiger partial charge in [-0.25, -0.2) is 87.8 Å². The fourth-order valence-electron chi connectivity index (χ4n) is 6.05. The second kappa shape index (κ2) is 16.7. The van der Waals surface area contributed by atoms with Crippen molar-refractivity contribution in [3.05, 3.63) is 116 Å². The molecule has 0 bridgehead atoms. The summed E-state index contributed by atoms with van der Waals surface area (Å²) in [5.41, 5.74) is -14.3. The smallest absolute Gasteiger partial charge is 0.200 e. The molecule has 22 heteroatoms. The second-order valence-electron chi connectivity index (χ2n) is 12.0. The van der Waals surface area contributed by atoms with Crippen LogP contribution in [0, 0.1) is 122 Å². The largest absolute Gasteiger partial charge is 0.335 e. The first-order valence-corrected chi connectivity index (χ1v) is 15.5. The highest BCUT2D eigenvalue weighted by atomic mass is 19.2. The molecular weight excluding hydrogens is 801 g/mol. The van der Waals surface area contributed by atoms with Crippen LogP contribution in [0.15, 0.2) is 0 Å². The van der Waals surface area contributed by atoms with Crippen molar-refractivity contribution in [1.82, 2.24) is 0 Å². The Morgan fingerprint density at radius 3 is 0.636 bits per heavy atom. The average Bonchev–Trinajstić information content (AvgIpc) is 3.16. The van der Waals surface area contributed by atoms with E-state index in [9.17, 15) is 52.7 Å². The van der Waals surface area contributed by atoms with Gasteiger partial charge in [0.1, 0.15) is 52.7 Å². The minimum absolute atomic E-state index is 0.898. The molecule has 0 spiro atoms. The van der Waals surface area contributed by atoms with Gasteiger partial charge in [0.05, 0.1) is 19.6 Å². The molecule has 1 unspecified atom stereocenters. The van der Waals surface area contributed by atoms with Crippen molar-refractivity contribution in [2.45, 2.75) is 34.1 Å². The maximum absolute atomic E-state index is 15.4. The van der Waals surface area contributed by atoms with Crippen molar-refractivity contribution < 1.29 is 92.7 Å². The zero-order valence-corrected chi connectivity index (χ0v) is 28.0. The minimum atomic E-state index is -7.22. The molecule has 4 aromatic carbocycles. The molecule has 0 saturated carbocycles. The van der Waals surface area contributed by atoms with Crippen LogP contribution in [0.1, 0.15) is 34.1 Å². The Labute approximate surface area is 297 Å². The molecule has 1 atom stereocenters. The van der Waals surface area contributed by atoms with Gasteiger partial charge in [-0.3, -0.25) is 0 Å². The molecule has 4 aromatic rings. The molecule has 0 aliphatic rings. The molecule has 1 nitrogen and oxygen atoms in total. The monoisotopic (exact) mass is 823 g/mol. The van der Waals surface area contributed by atoms with Crippen molar-refractivity contribution in [3.63, 3.8) is 0 Å². The van der Waals surface area contributed by atoms with E-state index in [1.54, 1.807) is 4.90 Å². The summed E-state index contributed by atoms with van der Waals surface area (Å²) >= 11 is 0. The Kier molecular flexibility index (Phi) is 13.6. The van der Waals surface area contributed by atoms with Gasteiger partial charge in [0.15, 0.2) is 69.8 Å². The molecule has 302 valence electrons. The van der Waals surface area contributed by atoms with E-state index >= 15 is 35.1 Å². The van der Waals surface area contributed by atoms with Gasteiger partial charge in [-0.05, 0) is 20.3 Å². The van der Waals surface area contributed by atoms with E-state index in [-0.39, 0.29) is 0 Å². The zero-order valence-electron chi connectivity index (χ0n) is 28.0. The van der Waals surface area contributed by atoms with Crippen molar-refractivity contribution in [2.24, 2.45) is 5.92 Å². The van der Waals surface area contributed by atoms with Gasteiger partial charge in [-0.15, -0.1) is 21.9 Å². The highest BCUT2D eigenvalue weighted by molar-refractivity contribution is 7.20. The summed E-state index contributed by atoms with van der Waals surface area (Å²) in [5.74, 6) is -70.5. The molecule has 0 saturated heterocycles. The summed E-state index contributed by atoms with van der Waals surface area (Å²) in [6.45, 7) is 13.0. The summed E-state index contributed by atoms with van der Waals surface area (Å²) in [7, 11) is 0. The van der Waals surface area contributed by atoms with E-state index in [2.05, 4.69) is 27.7 Å². The lowest BCUT2D eigenvalue weighted by Crippen LogP contribution is -3.12. The summed E-state index contributed by atoms with van der Waals surface area (Å²) in [6.07, 6.45) is -5.89. The molecule has 1 N–H and O–H groups in total. The third-order valence-corrected chi connectivity index (χ3v) is 9.04. The van der Waals surface area contributed by atoms with Crippen LogP contribution < -0.4 is 26.8 Å². The minimum Gasteiger partial charge on any atom is -0.335 e. The van der Waals surface area contributed by atoms with E-state index in [4.69, 9.17) is 0 Å². The normalized spacial score (nSPS) is 12.4. The summed E-state index contributed by atoms with van der Waals surface area (Å²) < 4.78 is 294. The highest BCUT2D eigenvalue weighted by Crippen LogP contribution is 2.30. The average molecular weight is 823 g/mol. The van der Waals surface area contributed by atoms with Crippen LogP contribution in [0.4, 0.5) is 87.8 Å². The van der Waals surface area contributed by atoms with Gasteiger partial charge in [-0.1, -0.05) is 13.8 Å². The van der Waals surface area contributed by atoms with Gasteiger partial charge >= 0.3 is 0 Å². The van der Waals surface area contributed by atoms with E-state index in [0.29, 0.717) is 0 Å². The Hall–Kier alpha value is -4.50. The summed E-state index contributed by atoms with van der Waals surface area (Å²) in [6, 6.07) is 0. The third-order valence-electron chi connectivity index (χ3n) is 9.04. The maximum Gasteiger partial charge on any atom is 0.200 e. The van der Waals surface area contributed by atoms with E-state index in [1.807, 2.05) is 0 Å². The molecule has 0 heterocycles. The third kappa shape index (κ3) is 7.09. The number of halogens is 20. The lowest BCUT2D eigenvalue weighted by Gasteiger charge is -2.44. The van der Waals surface area contributed by atoms with Crippen LogP contribution >= 0.6 is 0 Å². The molecule has 0 radical (unpaired) electrons. The van der Waals surface area contributed by atoms with E-state index in [1.165, 1.54) is 26.1 Å². The number of quaternary nitrogens is 1. The number of rotatable bonds is 9. The first-order valence-electron chi connectivity index (χ1n) is 15.5. The lowest BCUT2D eigenvalue weighted by atomic mass is 9.12. The molecular formula is C33H22BF20N. The van der Waals surface area contributed by atoms with Gasteiger partial charge in [0.2, 0.25) is 0 Å². The topological polar surface area (TPSA) is 4.44 Å². The van der Waals surface area contributed by atoms with Crippen LogP contribution in [0.5, 0.6) is 0 Å². The SMILES string of the molecule is CCC(C)C[NH+](CC)CC.Fc1c(F)c(F)c([B-](c2c(F)c(F)c(F)c(F)c2F)(c2c(F)c(F)c(F)c(F)c2F)c2c(F)c(F)c(F)c(F)c2F)c(F)c1F. The van der Waals surface area contributed by atoms with Crippen LogP contribution in [-0.2, 0) is 0 Å². The van der Waals surface area contributed by atoms with E-state index < -0.39 is 144 Å². The highest BCUT2D eigenvalue weighted by Gasteiger charge is 2.52. The van der Waals surface area contributed by atoms with E-state index in [0.717, 1.165) is 5.92 Å². The second-order valence-corrected chi connectivity index (χ2v) is 12.0. The first kappa shape index (κ1) is 44.9. The van der Waals surface area contributed by atoms with Crippen molar-refractivity contribution in [3.8, 4) is 0 Å². The fourth-order valence-corrected chi connectivity index (χ4v) is 6.05.